The molecule has 0 spiro atoms. The molecule has 2 heterocycles. The second-order valence-corrected chi connectivity index (χ2v) is 4.70. The highest BCUT2D eigenvalue weighted by Crippen LogP contribution is 2.18. The molecule has 102 valence electrons. The standard InChI is InChI=1S/C12H12ClN7/c13-9-3-1-8(2-4-9)11(14)12-17-10(18-19-12)5-20-7-15-6-16-20/h1-4,6-7,11H,5,14H2,(H,17,18,19). The molecule has 0 aliphatic rings. The van der Waals surface area contributed by atoms with E-state index in [9.17, 15) is 0 Å². The molecule has 0 radical (unpaired) electrons. The van der Waals surface area contributed by atoms with Crippen molar-refractivity contribution in [2.75, 3.05) is 0 Å². The lowest BCUT2D eigenvalue weighted by Gasteiger charge is -2.07. The van der Waals surface area contributed by atoms with Crippen LogP contribution in [0.2, 0.25) is 5.02 Å². The van der Waals surface area contributed by atoms with E-state index in [1.54, 1.807) is 23.1 Å². The van der Waals surface area contributed by atoms with Crippen molar-refractivity contribution >= 4 is 11.6 Å². The van der Waals surface area contributed by atoms with Crippen molar-refractivity contribution in [3.8, 4) is 0 Å². The second-order valence-electron chi connectivity index (χ2n) is 4.26. The maximum absolute atomic E-state index is 6.13. The number of nitrogens with two attached hydrogens (primary N) is 1. The van der Waals surface area contributed by atoms with Crippen molar-refractivity contribution in [1.29, 1.82) is 0 Å². The third kappa shape index (κ3) is 2.68. The van der Waals surface area contributed by atoms with Crippen LogP contribution in [0.1, 0.15) is 23.3 Å². The largest absolute Gasteiger partial charge is 0.318 e. The predicted octanol–water partition coefficient (Wildman–Crippen LogP) is 1.15. The lowest BCUT2D eigenvalue weighted by Crippen LogP contribution is -2.13. The topological polar surface area (TPSA) is 98.3 Å². The Labute approximate surface area is 119 Å². The highest BCUT2D eigenvalue weighted by Gasteiger charge is 2.14. The number of hydrogen-bond acceptors (Lipinski definition) is 5. The SMILES string of the molecule is NC(c1ccc(Cl)cc1)c1n[nH]c(Cn2cncn2)n1. The summed E-state index contributed by atoms with van der Waals surface area (Å²) in [6.45, 7) is 0.473. The molecule has 3 aromatic rings. The zero-order chi connectivity index (χ0) is 13.9. The zero-order valence-corrected chi connectivity index (χ0v) is 11.2. The summed E-state index contributed by atoms with van der Waals surface area (Å²) >= 11 is 5.85. The molecule has 0 fully saturated rings. The molecule has 0 aliphatic carbocycles. The fourth-order valence-electron chi connectivity index (χ4n) is 1.81. The van der Waals surface area contributed by atoms with Gasteiger partial charge in [0.1, 0.15) is 25.0 Å². The first kappa shape index (κ1) is 12.8. The van der Waals surface area contributed by atoms with E-state index in [4.69, 9.17) is 17.3 Å². The average Bonchev–Trinajstić information content (AvgIpc) is 3.11. The first-order valence-electron chi connectivity index (χ1n) is 5.97. The molecule has 1 atom stereocenters. The number of benzene rings is 1. The van der Waals surface area contributed by atoms with E-state index in [1.165, 1.54) is 6.33 Å². The van der Waals surface area contributed by atoms with Crippen molar-refractivity contribution in [2.45, 2.75) is 12.6 Å². The van der Waals surface area contributed by atoms with Crippen molar-refractivity contribution in [3.05, 3.63) is 59.2 Å². The summed E-state index contributed by atoms with van der Waals surface area (Å²) in [7, 11) is 0. The van der Waals surface area contributed by atoms with Crippen molar-refractivity contribution in [2.24, 2.45) is 5.73 Å². The highest BCUT2D eigenvalue weighted by atomic mass is 35.5. The van der Waals surface area contributed by atoms with Crippen LogP contribution < -0.4 is 5.73 Å². The van der Waals surface area contributed by atoms with Crippen LogP contribution in [0.5, 0.6) is 0 Å². The zero-order valence-electron chi connectivity index (χ0n) is 10.4. The smallest absolute Gasteiger partial charge is 0.171 e. The predicted molar refractivity (Wildman–Crippen MR) is 73.0 cm³/mol. The van der Waals surface area contributed by atoms with Gasteiger partial charge in [0.05, 0.1) is 6.04 Å². The van der Waals surface area contributed by atoms with Crippen molar-refractivity contribution in [3.63, 3.8) is 0 Å². The van der Waals surface area contributed by atoms with Crippen molar-refractivity contribution in [1.82, 2.24) is 29.9 Å². The van der Waals surface area contributed by atoms with Crippen LogP contribution in [0.4, 0.5) is 0 Å². The van der Waals surface area contributed by atoms with Gasteiger partial charge in [-0.25, -0.2) is 14.6 Å². The van der Waals surface area contributed by atoms with Gasteiger partial charge in [-0.15, -0.1) is 0 Å². The number of hydrogen-bond donors (Lipinski definition) is 2. The molecular formula is C12H12ClN7. The van der Waals surface area contributed by atoms with Gasteiger partial charge < -0.3 is 5.73 Å². The van der Waals surface area contributed by atoms with Crippen LogP contribution in [0, 0.1) is 0 Å². The summed E-state index contributed by atoms with van der Waals surface area (Å²) in [6, 6.07) is 6.91. The first-order valence-corrected chi connectivity index (χ1v) is 6.35. The molecule has 3 rings (SSSR count). The number of H-pyrrole nitrogens is 1. The van der Waals surface area contributed by atoms with Gasteiger partial charge in [0.2, 0.25) is 0 Å². The number of rotatable bonds is 4. The fraction of sp³-hybridized carbons (Fsp3) is 0.167. The minimum Gasteiger partial charge on any atom is -0.318 e. The summed E-state index contributed by atoms with van der Waals surface area (Å²) in [4.78, 5) is 8.24. The molecule has 2 aromatic heterocycles. The first-order chi connectivity index (χ1) is 9.72. The molecule has 0 saturated carbocycles. The number of nitrogens with one attached hydrogen (secondary N) is 1. The second kappa shape index (κ2) is 5.40. The lowest BCUT2D eigenvalue weighted by molar-refractivity contribution is 0.655. The Kier molecular flexibility index (Phi) is 3.44. The summed E-state index contributed by atoms with van der Waals surface area (Å²) in [5, 5.41) is 11.7. The molecule has 1 aromatic carbocycles. The average molecular weight is 290 g/mol. The Morgan fingerprint density at radius 1 is 1.30 bits per heavy atom. The summed E-state index contributed by atoms with van der Waals surface area (Å²) < 4.78 is 1.65. The van der Waals surface area contributed by atoms with E-state index in [0.29, 0.717) is 23.2 Å². The van der Waals surface area contributed by atoms with Crippen LogP contribution in [-0.4, -0.2) is 29.9 Å². The quantitative estimate of drug-likeness (QED) is 0.750. The van der Waals surface area contributed by atoms with E-state index in [-0.39, 0.29) is 0 Å². The highest BCUT2D eigenvalue weighted by molar-refractivity contribution is 6.30. The number of aromatic amines is 1. The molecule has 0 bridgehead atoms. The minimum atomic E-state index is -0.395. The van der Waals surface area contributed by atoms with Gasteiger partial charge in [-0.05, 0) is 17.7 Å². The Morgan fingerprint density at radius 3 is 2.80 bits per heavy atom. The Morgan fingerprint density at radius 2 is 2.10 bits per heavy atom. The van der Waals surface area contributed by atoms with Crippen LogP contribution in [0.3, 0.4) is 0 Å². The van der Waals surface area contributed by atoms with E-state index < -0.39 is 6.04 Å². The molecular weight excluding hydrogens is 278 g/mol. The Hall–Kier alpha value is -2.25. The van der Waals surface area contributed by atoms with Gasteiger partial charge in [-0.3, -0.25) is 5.10 Å². The Balaban J connectivity index is 1.77. The number of aromatic nitrogens is 6. The molecule has 8 heteroatoms. The monoisotopic (exact) mass is 289 g/mol. The van der Waals surface area contributed by atoms with Gasteiger partial charge in [0, 0.05) is 5.02 Å². The minimum absolute atomic E-state index is 0.395. The molecule has 0 saturated heterocycles. The molecule has 0 aliphatic heterocycles. The summed E-state index contributed by atoms with van der Waals surface area (Å²) in [5.41, 5.74) is 7.03. The molecule has 0 amide bonds. The van der Waals surface area contributed by atoms with E-state index in [1.807, 2.05) is 12.1 Å². The molecule has 20 heavy (non-hydrogen) atoms. The molecule has 7 nitrogen and oxygen atoms in total. The molecule has 1 unspecified atom stereocenters. The van der Waals surface area contributed by atoms with Gasteiger partial charge in [0.15, 0.2) is 5.82 Å². The van der Waals surface area contributed by atoms with Crippen LogP contribution in [-0.2, 0) is 6.54 Å². The summed E-state index contributed by atoms with van der Waals surface area (Å²) in [5.74, 6) is 1.21. The lowest BCUT2D eigenvalue weighted by atomic mass is 10.1. The van der Waals surface area contributed by atoms with Gasteiger partial charge in [-0.1, -0.05) is 23.7 Å². The normalized spacial score (nSPS) is 12.5. The molecule has 3 N–H and O–H groups in total. The van der Waals surface area contributed by atoms with Crippen LogP contribution in [0.15, 0.2) is 36.9 Å². The summed E-state index contributed by atoms with van der Waals surface area (Å²) in [6.07, 6.45) is 3.08. The third-order valence-electron chi connectivity index (χ3n) is 2.83. The van der Waals surface area contributed by atoms with E-state index in [2.05, 4.69) is 25.3 Å². The Bertz CT molecular complexity index is 674. The van der Waals surface area contributed by atoms with Gasteiger partial charge in [-0.2, -0.15) is 10.2 Å². The number of halogens is 1. The maximum Gasteiger partial charge on any atom is 0.171 e. The maximum atomic E-state index is 6.13. The van der Waals surface area contributed by atoms with Gasteiger partial charge in [0.25, 0.3) is 0 Å². The van der Waals surface area contributed by atoms with Crippen LogP contribution >= 0.6 is 11.6 Å². The van der Waals surface area contributed by atoms with E-state index >= 15 is 0 Å². The van der Waals surface area contributed by atoms with Gasteiger partial charge >= 0.3 is 0 Å². The van der Waals surface area contributed by atoms with Crippen molar-refractivity contribution < 1.29 is 0 Å². The third-order valence-corrected chi connectivity index (χ3v) is 3.09. The van der Waals surface area contributed by atoms with Crippen LogP contribution in [0.25, 0.3) is 0 Å². The van der Waals surface area contributed by atoms with E-state index in [0.717, 1.165) is 5.56 Å². The fourth-order valence-corrected chi connectivity index (χ4v) is 1.93. The number of nitrogens with zero attached hydrogens (tertiary/aromatic N) is 5.